The first-order valence-electron chi connectivity index (χ1n) is 6.12. The second-order valence-corrected chi connectivity index (χ2v) is 5.00. The van der Waals surface area contributed by atoms with Crippen LogP contribution in [0.5, 0.6) is 0 Å². The van der Waals surface area contributed by atoms with Crippen molar-refractivity contribution < 1.29 is 0 Å². The molecule has 1 heterocycles. The number of hydrogen-bond acceptors (Lipinski definition) is 1. The molecule has 1 N–H and O–H groups in total. The lowest BCUT2D eigenvalue weighted by Gasteiger charge is -2.36. The van der Waals surface area contributed by atoms with E-state index in [0.717, 1.165) is 18.0 Å². The number of halogens is 1. The number of nitrogens with one attached hydrogen (secondary N) is 1. The van der Waals surface area contributed by atoms with Crippen LogP contribution in [0.15, 0.2) is 0 Å². The number of hydrogen-bond donors (Lipinski definition) is 1. The Balaban J connectivity index is 0.000000980. The Hall–Kier alpha value is 0.250. The Kier molecular flexibility index (Phi) is 5.25. The van der Waals surface area contributed by atoms with Gasteiger partial charge in [-0.15, -0.1) is 12.4 Å². The SMILES string of the molecule is CC1CCCC(C2CCCCC2)N1.Cl. The molecular formula is C12H24ClN. The van der Waals surface area contributed by atoms with Crippen molar-refractivity contribution in [1.29, 1.82) is 0 Å². The van der Waals surface area contributed by atoms with Gasteiger partial charge in [-0.25, -0.2) is 0 Å². The maximum Gasteiger partial charge on any atom is 0.00978 e. The van der Waals surface area contributed by atoms with Crippen LogP contribution >= 0.6 is 12.4 Å². The molecule has 1 aliphatic carbocycles. The van der Waals surface area contributed by atoms with Crippen LogP contribution in [0, 0.1) is 5.92 Å². The van der Waals surface area contributed by atoms with Crippen molar-refractivity contribution in [3.63, 3.8) is 0 Å². The lowest BCUT2D eigenvalue weighted by atomic mass is 9.80. The monoisotopic (exact) mass is 217 g/mol. The highest BCUT2D eigenvalue weighted by atomic mass is 35.5. The molecule has 2 atom stereocenters. The van der Waals surface area contributed by atoms with Crippen LogP contribution in [-0.2, 0) is 0 Å². The normalized spacial score (nSPS) is 34.9. The highest BCUT2D eigenvalue weighted by molar-refractivity contribution is 5.85. The molecule has 1 nitrogen and oxygen atoms in total. The van der Waals surface area contributed by atoms with Gasteiger partial charge in [0.2, 0.25) is 0 Å². The van der Waals surface area contributed by atoms with Gasteiger partial charge in [0.25, 0.3) is 0 Å². The van der Waals surface area contributed by atoms with E-state index >= 15 is 0 Å². The first kappa shape index (κ1) is 12.3. The molecule has 2 aliphatic rings. The molecular weight excluding hydrogens is 194 g/mol. The molecule has 0 aromatic rings. The highest BCUT2D eigenvalue weighted by Crippen LogP contribution is 2.30. The summed E-state index contributed by atoms with van der Waals surface area (Å²) in [7, 11) is 0. The molecule has 0 radical (unpaired) electrons. The zero-order valence-corrected chi connectivity index (χ0v) is 10.1. The van der Waals surface area contributed by atoms with Crippen molar-refractivity contribution in [3.8, 4) is 0 Å². The third-order valence-electron chi connectivity index (χ3n) is 3.87. The second-order valence-electron chi connectivity index (χ2n) is 5.00. The molecule has 0 bridgehead atoms. The van der Waals surface area contributed by atoms with Crippen molar-refractivity contribution in [2.45, 2.75) is 70.4 Å². The molecule has 0 amide bonds. The van der Waals surface area contributed by atoms with Gasteiger partial charge in [-0.1, -0.05) is 25.7 Å². The highest BCUT2D eigenvalue weighted by Gasteiger charge is 2.26. The molecule has 0 spiro atoms. The van der Waals surface area contributed by atoms with E-state index in [9.17, 15) is 0 Å². The minimum absolute atomic E-state index is 0. The summed E-state index contributed by atoms with van der Waals surface area (Å²) in [6.07, 6.45) is 11.7. The molecule has 1 saturated heterocycles. The van der Waals surface area contributed by atoms with Crippen LogP contribution in [0.1, 0.15) is 58.3 Å². The molecule has 84 valence electrons. The smallest absolute Gasteiger partial charge is 0.00978 e. The molecule has 1 saturated carbocycles. The van der Waals surface area contributed by atoms with Crippen LogP contribution in [0.4, 0.5) is 0 Å². The molecule has 2 rings (SSSR count). The average molecular weight is 218 g/mol. The van der Waals surface area contributed by atoms with Gasteiger partial charge in [0.1, 0.15) is 0 Å². The lowest BCUT2D eigenvalue weighted by molar-refractivity contribution is 0.210. The van der Waals surface area contributed by atoms with Gasteiger partial charge in [0, 0.05) is 12.1 Å². The van der Waals surface area contributed by atoms with Gasteiger partial charge in [0.15, 0.2) is 0 Å². The summed E-state index contributed by atoms with van der Waals surface area (Å²) in [5, 5.41) is 3.79. The molecule has 0 aromatic carbocycles. The summed E-state index contributed by atoms with van der Waals surface area (Å²) in [5.41, 5.74) is 0. The molecule has 0 aromatic heterocycles. The third kappa shape index (κ3) is 3.13. The minimum atomic E-state index is 0. The van der Waals surface area contributed by atoms with Crippen LogP contribution in [0.25, 0.3) is 0 Å². The first-order chi connectivity index (χ1) is 6.36. The summed E-state index contributed by atoms with van der Waals surface area (Å²) in [6.45, 7) is 2.34. The Morgan fingerprint density at radius 1 is 0.857 bits per heavy atom. The van der Waals surface area contributed by atoms with Crippen molar-refractivity contribution in [2.75, 3.05) is 0 Å². The van der Waals surface area contributed by atoms with Crippen molar-refractivity contribution in [3.05, 3.63) is 0 Å². The standard InChI is InChI=1S/C12H23N.ClH/c1-10-6-5-9-12(13-10)11-7-3-2-4-8-11;/h10-13H,2-9H2,1H3;1H. The summed E-state index contributed by atoms with van der Waals surface area (Å²) in [5.74, 6) is 1.01. The maximum atomic E-state index is 3.79. The first-order valence-corrected chi connectivity index (χ1v) is 6.12. The largest absolute Gasteiger partial charge is 0.311 e. The quantitative estimate of drug-likeness (QED) is 0.709. The van der Waals surface area contributed by atoms with E-state index in [2.05, 4.69) is 12.2 Å². The van der Waals surface area contributed by atoms with Crippen LogP contribution in [0.3, 0.4) is 0 Å². The van der Waals surface area contributed by atoms with Crippen molar-refractivity contribution >= 4 is 12.4 Å². The summed E-state index contributed by atoms with van der Waals surface area (Å²) >= 11 is 0. The minimum Gasteiger partial charge on any atom is -0.311 e. The molecule has 2 fully saturated rings. The number of piperidine rings is 1. The van der Waals surface area contributed by atoms with Crippen molar-refractivity contribution in [2.24, 2.45) is 5.92 Å². The zero-order chi connectivity index (χ0) is 9.10. The van der Waals surface area contributed by atoms with E-state index in [0.29, 0.717) is 0 Å². The summed E-state index contributed by atoms with van der Waals surface area (Å²) < 4.78 is 0. The molecule has 2 unspecified atom stereocenters. The third-order valence-corrected chi connectivity index (χ3v) is 3.87. The van der Waals surface area contributed by atoms with E-state index in [1.807, 2.05) is 0 Å². The average Bonchev–Trinajstić information content (AvgIpc) is 2.19. The van der Waals surface area contributed by atoms with E-state index in [4.69, 9.17) is 0 Å². The zero-order valence-electron chi connectivity index (χ0n) is 9.30. The van der Waals surface area contributed by atoms with E-state index in [1.54, 1.807) is 0 Å². The predicted octanol–water partition coefficient (Wildman–Crippen LogP) is 3.52. The fourth-order valence-corrected chi connectivity index (χ4v) is 3.08. The predicted molar refractivity (Wildman–Crippen MR) is 64.1 cm³/mol. The fourth-order valence-electron chi connectivity index (χ4n) is 3.08. The second kappa shape index (κ2) is 5.97. The Bertz CT molecular complexity index is 154. The Morgan fingerprint density at radius 3 is 2.21 bits per heavy atom. The van der Waals surface area contributed by atoms with Gasteiger partial charge < -0.3 is 5.32 Å². The molecule has 1 aliphatic heterocycles. The van der Waals surface area contributed by atoms with Gasteiger partial charge in [0.05, 0.1) is 0 Å². The topological polar surface area (TPSA) is 12.0 Å². The van der Waals surface area contributed by atoms with E-state index in [-0.39, 0.29) is 12.4 Å². The number of rotatable bonds is 1. The van der Waals surface area contributed by atoms with Gasteiger partial charge >= 0.3 is 0 Å². The van der Waals surface area contributed by atoms with E-state index < -0.39 is 0 Å². The Labute approximate surface area is 94.4 Å². The van der Waals surface area contributed by atoms with Crippen LogP contribution < -0.4 is 5.32 Å². The van der Waals surface area contributed by atoms with Gasteiger partial charge in [-0.3, -0.25) is 0 Å². The molecule has 2 heteroatoms. The summed E-state index contributed by atoms with van der Waals surface area (Å²) in [4.78, 5) is 0. The summed E-state index contributed by atoms with van der Waals surface area (Å²) in [6, 6.07) is 1.64. The van der Waals surface area contributed by atoms with Gasteiger partial charge in [-0.05, 0) is 38.5 Å². The van der Waals surface area contributed by atoms with E-state index in [1.165, 1.54) is 51.4 Å². The van der Waals surface area contributed by atoms with Crippen LogP contribution in [0.2, 0.25) is 0 Å². The molecule has 14 heavy (non-hydrogen) atoms. The van der Waals surface area contributed by atoms with Crippen LogP contribution in [-0.4, -0.2) is 12.1 Å². The fraction of sp³-hybridized carbons (Fsp3) is 1.00. The lowest BCUT2D eigenvalue weighted by Crippen LogP contribution is -2.45. The Morgan fingerprint density at radius 2 is 1.57 bits per heavy atom. The van der Waals surface area contributed by atoms with Gasteiger partial charge in [-0.2, -0.15) is 0 Å². The maximum absolute atomic E-state index is 3.79. The van der Waals surface area contributed by atoms with Crippen molar-refractivity contribution in [1.82, 2.24) is 5.32 Å².